The highest BCUT2D eigenvalue weighted by Crippen LogP contribution is 2.33. The van der Waals surface area contributed by atoms with Crippen molar-refractivity contribution in [3.05, 3.63) is 45.6 Å². The van der Waals surface area contributed by atoms with Crippen LogP contribution in [0.3, 0.4) is 0 Å². The second kappa shape index (κ2) is 7.51. The van der Waals surface area contributed by atoms with E-state index in [4.69, 9.17) is 0 Å². The van der Waals surface area contributed by atoms with Crippen molar-refractivity contribution in [3.63, 3.8) is 0 Å². The molecule has 2 fully saturated rings. The lowest BCUT2D eigenvalue weighted by atomic mass is 10.1. The summed E-state index contributed by atoms with van der Waals surface area (Å²) in [5.41, 5.74) is 3.41. The lowest BCUT2D eigenvalue weighted by Gasteiger charge is -2.27. The van der Waals surface area contributed by atoms with Gasteiger partial charge in [0, 0.05) is 43.0 Å². The van der Waals surface area contributed by atoms with Gasteiger partial charge in [-0.15, -0.1) is 11.3 Å². The van der Waals surface area contributed by atoms with Crippen molar-refractivity contribution in [2.75, 3.05) is 43.5 Å². The minimum absolute atomic E-state index is 0.123. The normalized spacial score (nSPS) is 21.3. The average Bonchev–Trinajstić information content (AvgIpc) is 3.25. The lowest BCUT2D eigenvalue weighted by molar-refractivity contribution is 0.0985. The van der Waals surface area contributed by atoms with Crippen molar-refractivity contribution in [2.24, 2.45) is 5.92 Å². The summed E-state index contributed by atoms with van der Waals surface area (Å²) in [5, 5.41) is 0. The van der Waals surface area contributed by atoms with Crippen LogP contribution < -0.4 is 9.80 Å². The third kappa shape index (κ3) is 3.80. The Morgan fingerprint density at radius 1 is 1.07 bits per heavy atom. The maximum atomic E-state index is 13.1. The zero-order valence-electron chi connectivity index (χ0n) is 17.1. The fraction of sp³-hybridized carbons (Fsp3) is 0.458. The SMILES string of the molecule is CN(C)[C@@H]1CCN(c2ccc(N3CCc4cc(C#CC5CC5)sc4C3=O)cc2)C1. The third-order valence-electron chi connectivity index (χ3n) is 6.25. The van der Waals surface area contributed by atoms with Crippen LogP contribution in [0.2, 0.25) is 0 Å². The Morgan fingerprint density at radius 3 is 2.52 bits per heavy atom. The average molecular weight is 406 g/mol. The highest BCUT2D eigenvalue weighted by Gasteiger charge is 2.29. The molecular weight excluding hydrogens is 378 g/mol. The first-order valence-electron chi connectivity index (χ1n) is 10.6. The number of benzene rings is 1. The van der Waals surface area contributed by atoms with Crippen LogP contribution in [-0.4, -0.2) is 50.6 Å². The van der Waals surface area contributed by atoms with Gasteiger partial charge >= 0.3 is 0 Å². The predicted molar refractivity (Wildman–Crippen MR) is 120 cm³/mol. The van der Waals surface area contributed by atoms with Crippen LogP contribution in [0.5, 0.6) is 0 Å². The van der Waals surface area contributed by atoms with Crippen molar-refractivity contribution >= 4 is 28.6 Å². The van der Waals surface area contributed by atoms with Gasteiger partial charge in [-0.3, -0.25) is 4.79 Å². The first kappa shape index (κ1) is 18.7. The van der Waals surface area contributed by atoms with Crippen LogP contribution in [0.1, 0.15) is 39.4 Å². The fourth-order valence-electron chi connectivity index (χ4n) is 4.20. The van der Waals surface area contributed by atoms with Gasteiger partial charge in [-0.05, 0) is 75.7 Å². The van der Waals surface area contributed by atoms with Gasteiger partial charge in [0.2, 0.25) is 0 Å². The van der Waals surface area contributed by atoms with Crippen LogP contribution in [0.15, 0.2) is 30.3 Å². The number of thiophene rings is 1. The molecule has 0 unspecified atom stereocenters. The number of anilines is 2. The van der Waals surface area contributed by atoms with E-state index in [1.54, 1.807) is 11.3 Å². The molecule has 1 amide bonds. The van der Waals surface area contributed by atoms with Gasteiger partial charge < -0.3 is 14.7 Å². The number of rotatable bonds is 3. The summed E-state index contributed by atoms with van der Waals surface area (Å²) in [5.74, 6) is 7.30. The molecule has 0 N–H and O–H groups in total. The molecule has 1 aromatic carbocycles. The fourth-order valence-corrected chi connectivity index (χ4v) is 5.22. The largest absolute Gasteiger partial charge is 0.370 e. The second-order valence-corrected chi connectivity index (χ2v) is 9.64. The van der Waals surface area contributed by atoms with E-state index in [9.17, 15) is 4.79 Å². The van der Waals surface area contributed by atoms with Crippen LogP contribution >= 0.6 is 11.3 Å². The summed E-state index contributed by atoms with van der Waals surface area (Å²) in [6.07, 6.45) is 4.57. The predicted octanol–water partition coefficient (Wildman–Crippen LogP) is 3.85. The van der Waals surface area contributed by atoms with Crippen molar-refractivity contribution in [1.29, 1.82) is 0 Å². The van der Waals surface area contributed by atoms with E-state index in [1.807, 2.05) is 4.90 Å². The molecule has 3 aliphatic rings. The number of carbonyl (C=O) groups excluding carboxylic acids is 1. The van der Waals surface area contributed by atoms with Crippen molar-refractivity contribution in [1.82, 2.24) is 4.90 Å². The molecule has 1 atom stereocenters. The number of likely N-dealkylation sites (N-methyl/N-ethyl adjacent to an activating group) is 1. The zero-order chi connectivity index (χ0) is 20.0. The number of hydrogen-bond donors (Lipinski definition) is 0. The summed E-state index contributed by atoms with van der Waals surface area (Å²) in [6, 6.07) is 11.3. The second-order valence-electron chi connectivity index (χ2n) is 8.58. The highest BCUT2D eigenvalue weighted by molar-refractivity contribution is 7.14. The molecule has 1 saturated carbocycles. The Labute approximate surface area is 177 Å². The molecule has 5 heteroatoms. The standard InChI is InChI=1S/C24H27N3OS/c1-25(2)21-12-13-26(16-21)19-6-8-20(9-7-19)27-14-11-18-15-22(10-5-17-3-4-17)29-23(18)24(27)28/h6-9,15,17,21H,3-4,11-14,16H2,1-2H3/t21-/m1/s1. The van der Waals surface area contributed by atoms with E-state index in [-0.39, 0.29) is 5.91 Å². The van der Waals surface area contributed by atoms with Gasteiger partial charge in [-0.2, -0.15) is 0 Å². The van der Waals surface area contributed by atoms with Gasteiger partial charge in [-0.1, -0.05) is 11.8 Å². The van der Waals surface area contributed by atoms with Crippen molar-refractivity contribution in [2.45, 2.75) is 31.7 Å². The third-order valence-corrected chi connectivity index (χ3v) is 7.33. The van der Waals surface area contributed by atoms with Gasteiger partial charge in [0.15, 0.2) is 0 Å². The molecule has 2 aliphatic heterocycles. The molecule has 0 radical (unpaired) electrons. The maximum absolute atomic E-state index is 13.1. The summed E-state index contributed by atoms with van der Waals surface area (Å²) in [7, 11) is 4.31. The van der Waals surface area contributed by atoms with E-state index in [0.717, 1.165) is 41.5 Å². The molecule has 150 valence electrons. The molecule has 5 rings (SSSR count). The number of hydrogen-bond acceptors (Lipinski definition) is 4. The van der Waals surface area contributed by atoms with Crippen LogP contribution in [0.4, 0.5) is 11.4 Å². The Balaban J connectivity index is 1.30. The van der Waals surface area contributed by atoms with Gasteiger partial charge in [0.25, 0.3) is 5.91 Å². The Bertz CT molecular complexity index is 978. The van der Waals surface area contributed by atoms with E-state index in [2.05, 4.69) is 66.1 Å². The monoisotopic (exact) mass is 405 g/mol. The minimum Gasteiger partial charge on any atom is -0.370 e. The van der Waals surface area contributed by atoms with Crippen molar-refractivity contribution < 1.29 is 4.79 Å². The molecule has 0 spiro atoms. The molecule has 1 aliphatic carbocycles. The van der Waals surface area contributed by atoms with Crippen LogP contribution in [0, 0.1) is 17.8 Å². The van der Waals surface area contributed by atoms with Gasteiger partial charge in [-0.25, -0.2) is 0 Å². The summed E-state index contributed by atoms with van der Waals surface area (Å²) in [6.45, 7) is 2.90. The van der Waals surface area contributed by atoms with Crippen LogP contribution in [0.25, 0.3) is 0 Å². The van der Waals surface area contributed by atoms with Gasteiger partial charge in [0.05, 0.1) is 9.75 Å². The topological polar surface area (TPSA) is 26.8 Å². The Hall–Kier alpha value is -2.29. The zero-order valence-corrected chi connectivity index (χ0v) is 18.0. The first-order chi connectivity index (χ1) is 14.1. The van der Waals surface area contributed by atoms with Crippen LogP contribution in [-0.2, 0) is 6.42 Å². The lowest BCUT2D eigenvalue weighted by Crippen LogP contribution is -2.36. The summed E-state index contributed by atoms with van der Waals surface area (Å²) >= 11 is 1.56. The summed E-state index contributed by atoms with van der Waals surface area (Å²) in [4.78, 5) is 21.7. The molecule has 0 bridgehead atoms. The molecule has 1 saturated heterocycles. The van der Waals surface area contributed by atoms with Crippen molar-refractivity contribution in [3.8, 4) is 11.8 Å². The van der Waals surface area contributed by atoms with E-state index >= 15 is 0 Å². The molecule has 1 aromatic heterocycles. The maximum Gasteiger partial charge on any atom is 0.268 e. The molecule has 29 heavy (non-hydrogen) atoms. The quantitative estimate of drug-likeness (QED) is 0.726. The molecule has 4 nitrogen and oxygen atoms in total. The highest BCUT2D eigenvalue weighted by atomic mass is 32.1. The number of nitrogens with zero attached hydrogens (tertiary/aromatic N) is 3. The molecule has 2 aromatic rings. The minimum atomic E-state index is 0.123. The Kier molecular flexibility index (Phi) is 4.85. The number of amides is 1. The smallest absolute Gasteiger partial charge is 0.268 e. The Morgan fingerprint density at radius 2 is 1.83 bits per heavy atom. The molecular formula is C24H27N3OS. The van der Waals surface area contributed by atoms with E-state index in [1.165, 1.54) is 30.5 Å². The van der Waals surface area contributed by atoms with E-state index < -0.39 is 0 Å². The van der Waals surface area contributed by atoms with Gasteiger partial charge in [0.1, 0.15) is 0 Å². The molecule has 3 heterocycles. The first-order valence-corrected chi connectivity index (χ1v) is 11.4. The number of carbonyl (C=O) groups is 1. The number of fused-ring (bicyclic) bond motifs is 1. The summed E-state index contributed by atoms with van der Waals surface area (Å²) < 4.78 is 0. The van der Waals surface area contributed by atoms with E-state index in [0.29, 0.717) is 12.0 Å².